The molecule has 0 saturated carbocycles. The highest BCUT2D eigenvalue weighted by atomic mass is 32.2. The Morgan fingerprint density at radius 3 is 2.32 bits per heavy atom. The topological polar surface area (TPSA) is 149 Å². The van der Waals surface area contributed by atoms with Gasteiger partial charge in [-0.2, -0.15) is 5.10 Å². The van der Waals surface area contributed by atoms with Crippen molar-refractivity contribution in [2.24, 2.45) is 5.10 Å². The Morgan fingerprint density at radius 1 is 0.955 bits per heavy atom. The number of carbonyl (C=O) groups is 1. The van der Waals surface area contributed by atoms with Gasteiger partial charge in [-0.05, 0) is 73.0 Å². The minimum atomic E-state index is -3.90. The first kappa shape index (κ1) is 31.9. The summed E-state index contributed by atoms with van der Waals surface area (Å²) in [5, 5.41) is 14.9. The van der Waals surface area contributed by atoms with Gasteiger partial charge in [-0.15, -0.1) is 0 Å². The monoisotopic (exact) mass is 616 g/mol. The molecule has 0 aliphatic carbocycles. The largest absolute Gasteiger partial charge is 0.490 e. The lowest BCUT2D eigenvalue weighted by atomic mass is 10.0. The van der Waals surface area contributed by atoms with E-state index in [0.717, 1.165) is 11.1 Å². The van der Waals surface area contributed by atoms with Crippen molar-refractivity contribution in [1.29, 1.82) is 0 Å². The molecule has 0 radical (unpaired) electrons. The fourth-order valence-electron chi connectivity index (χ4n) is 4.16. The van der Waals surface area contributed by atoms with E-state index >= 15 is 0 Å². The van der Waals surface area contributed by atoms with E-state index in [1.807, 2.05) is 19.9 Å². The molecule has 11 nitrogen and oxygen atoms in total. The van der Waals surface area contributed by atoms with Crippen LogP contribution in [0.5, 0.6) is 11.5 Å². The zero-order valence-corrected chi connectivity index (χ0v) is 25.0. The van der Waals surface area contributed by atoms with Crippen LogP contribution in [0.15, 0.2) is 107 Å². The van der Waals surface area contributed by atoms with E-state index in [4.69, 9.17) is 9.47 Å². The molecular formula is C32H32N4O7S. The number of nitro benzene ring substituents is 1. The van der Waals surface area contributed by atoms with Gasteiger partial charge >= 0.3 is 0 Å². The van der Waals surface area contributed by atoms with Gasteiger partial charge in [0.25, 0.3) is 5.69 Å². The molecule has 0 bridgehead atoms. The van der Waals surface area contributed by atoms with Crippen LogP contribution in [0.2, 0.25) is 0 Å². The molecule has 0 saturated heterocycles. The summed E-state index contributed by atoms with van der Waals surface area (Å²) in [6, 6.07) is 25.7. The summed E-state index contributed by atoms with van der Waals surface area (Å²) in [6.07, 6.45) is 1.25. The van der Waals surface area contributed by atoms with Gasteiger partial charge in [-0.25, -0.2) is 18.6 Å². The highest BCUT2D eigenvalue weighted by Crippen LogP contribution is 2.29. The molecule has 2 N–H and O–H groups in total. The lowest BCUT2D eigenvalue weighted by Crippen LogP contribution is -2.32. The van der Waals surface area contributed by atoms with Crippen molar-refractivity contribution in [3.05, 3.63) is 129 Å². The van der Waals surface area contributed by atoms with Crippen molar-refractivity contribution in [2.75, 3.05) is 6.61 Å². The molecule has 228 valence electrons. The van der Waals surface area contributed by atoms with Crippen LogP contribution in [0, 0.1) is 17.0 Å². The first-order valence-corrected chi connectivity index (χ1v) is 15.2. The van der Waals surface area contributed by atoms with Crippen molar-refractivity contribution in [2.45, 2.75) is 37.8 Å². The molecule has 0 aliphatic heterocycles. The Bertz CT molecular complexity index is 1710. The van der Waals surface area contributed by atoms with Crippen LogP contribution < -0.4 is 19.6 Å². The highest BCUT2D eigenvalue weighted by molar-refractivity contribution is 7.89. The fourth-order valence-corrected chi connectivity index (χ4v) is 5.39. The van der Waals surface area contributed by atoms with E-state index in [1.54, 1.807) is 66.7 Å². The average Bonchev–Trinajstić information content (AvgIpc) is 3.01. The summed E-state index contributed by atoms with van der Waals surface area (Å²) >= 11 is 0. The zero-order valence-electron chi connectivity index (χ0n) is 24.2. The van der Waals surface area contributed by atoms with Gasteiger partial charge < -0.3 is 9.47 Å². The van der Waals surface area contributed by atoms with Crippen LogP contribution in [-0.2, 0) is 21.4 Å². The Hall–Kier alpha value is -5.07. The summed E-state index contributed by atoms with van der Waals surface area (Å²) in [5.74, 6) is 0.437. The van der Waals surface area contributed by atoms with Crippen LogP contribution in [0.4, 0.5) is 5.69 Å². The maximum atomic E-state index is 13.1. The quantitative estimate of drug-likeness (QED) is 0.109. The number of nitro groups is 1. The van der Waals surface area contributed by atoms with Gasteiger partial charge in [0.2, 0.25) is 15.9 Å². The number of sulfonamides is 1. The third-order valence-electron chi connectivity index (χ3n) is 6.43. The van der Waals surface area contributed by atoms with Crippen molar-refractivity contribution >= 4 is 27.8 Å². The van der Waals surface area contributed by atoms with Gasteiger partial charge in [0.15, 0.2) is 11.5 Å². The predicted molar refractivity (Wildman–Crippen MR) is 166 cm³/mol. The van der Waals surface area contributed by atoms with E-state index in [0.29, 0.717) is 29.2 Å². The van der Waals surface area contributed by atoms with Crippen LogP contribution >= 0.6 is 0 Å². The third-order valence-corrected chi connectivity index (χ3v) is 7.92. The number of amides is 1. The number of nitrogens with zero attached hydrogens (tertiary/aromatic N) is 2. The Balaban J connectivity index is 1.40. The van der Waals surface area contributed by atoms with Crippen LogP contribution in [0.25, 0.3) is 0 Å². The Morgan fingerprint density at radius 2 is 1.66 bits per heavy atom. The SMILES string of the molecule is CCOc1cc(/C=N\NC(=O)C[C@@H](NS(=O)(=O)c2ccc(C)cc2)c2ccccc2)ccc1OCc1ccc([N+](=O)[O-])cc1. The van der Waals surface area contributed by atoms with E-state index < -0.39 is 26.9 Å². The number of hydrogen-bond acceptors (Lipinski definition) is 8. The summed E-state index contributed by atoms with van der Waals surface area (Å²) in [4.78, 5) is 23.4. The Labute approximate surface area is 255 Å². The second-order valence-corrected chi connectivity index (χ2v) is 11.5. The first-order valence-electron chi connectivity index (χ1n) is 13.7. The highest BCUT2D eigenvalue weighted by Gasteiger charge is 2.23. The molecule has 44 heavy (non-hydrogen) atoms. The molecule has 0 aliphatic rings. The Kier molecular flexibility index (Phi) is 10.8. The van der Waals surface area contributed by atoms with E-state index in [9.17, 15) is 23.3 Å². The molecule has 1 amide bonds. The molecule has 0 spiro atoms. The molecule has 0 heterocycles. The van der Waals surface area contributed by atoms with Crippen LogP contribution in [0.1, 0.15) is 41.6 Å². The van der Waals surface area contributed by atoms with Gasteiger partial charge in [-0.3, -0.25) is 14.9 Å². The first-order chi connectivity index (χ1) is 21.1. The van der Waals surface area contributed by atoms with Gasteiger partial charge in [-0.1, -0.05) is 48.0 Å². The number of aryl methyl sites for hydroxylation is 1. The molecule has 1 atom stereocenters. The number of benzene rings is 4. The molecule has 12 heteroatoms. The number of carbonyl (C=O) groups excluding carboxylic acids is 1. The molecule has 4 aromatic carbocycles. The van der Waals surface area contributed by atoms with E-state index in [1.165, 1.54) is 30.5 Å². The number of rotatable bonds is 14. The maximum absolute atomic E-state index is 13.1. The summed E-state index contributed by atoms with van der Waals surface area (Å²) < 4.78 is 40.4. The number of hydrazone groups is 1. The maximum Gasteiger partial charge on any atom is 0.269 e. The van der Waals surface area contributed by atoms with Crippen LogP contribution in [0.3, 0.4) is 0 Å². The van der Waals surface area contributed by atoms with E-state index in [-0.39, 0.29) is 23.6 Å². The van der Waals surface area contributed by atoms with Gasteiger partial charge in [0.05, 0.1) is 28.7 Å². The number of ether oxygens (including phenoxy) is 2. The zero-order chi connectivity index (χ0) is 31.5. The summed E-state index contributed by atoms with van der Waals surface area (Å²) in [6.45, 7) is 4.26. The molecule has 4 rings (SSSR count). The standard InChI is InChI=1S/C32H32N4O7S/c1-3-42-31-19-25(13-18-30(31)43-22-24-11-14-27(15-12-24)36(38)39)21-33-34-32(37)20-29(26-7-5-4-6-8-26)35-44(40,41)28-16-9-23(2)10-17-28/h4-19,21,29,35H,3,20,22H2,1-2H3,(H,34,37)/b33-21-/t29-/m1/s1. The molecular weight excluding hydrogens is 584 g/mol. The van der Waals surface area contributed by atoms with Crippen molar-refractivity contribution < 1.29 is 27.6 Å². The lowest BCUT2D eigenvalue weighted by molar-refractivity contribution is -0.384. The minimum Gasteiger partial charge on any atom is -0.490 e. The molecule has 0 aromatic heterocycles. The van der Waals surface area contributed by atoms with Crippen molar-refractivity contribution in [3.63, 3.8) is 0 Å². The third kappa shape index (κ3) is 8.96. The number of hydrogen-bond donors (Lipinski definition) is 2. The number of non-ortho nitro benzene ring substituents is 1. The molecule has 0 fully saturated rings. The van der Waals surface area contributed by atoms with Crippen LogP contribution in [-0.4, -0.2) is 32.1 Å². The van der Waals surface area contributed by atoms with Gasteiger partial charge in [0, 0.05) is 18.6 Å². The summed E-state index contributed by atoms with van der Waals surface area (Å²) in [5.41, 5.74) is 5.40. The number of nitrogens with one attached hydrogen (secondary N) is 2. The van der Waals surface area contributed by atoms with E-state index in [2.05, 4.69) is 15.2 Å². The summed E-state index contributed by atoms with van der Waals surface area (Å²) in [7, 11) is -3.90. The van der Waals surface area contributed by atoms with Crippen molar-refractivity contribution in [1.82, 2.24) is 10.1 Å². The fraction of sp³-hybridized carbons (Fsp3) is 0.188. The second kappa shape index (κ2) is 14.9. The van der Waals surface area contributed by atoms with Crippen molar-refractivity contribution in [3.8, 4) is 11.5 Å². The smallest absolute Gasteiger partial charge is 0.269 e. The van der Waals surface area contributed by atoms with Gasteiger partial charge in [0.1, 0.15) is 6.61 Å². The normalized spacial score (nSPS) is 12.0. The lowest BCUT2D eigenvalue weighted by Gasteiger charge is -2.18. The molecule has 0 unspecified atom stereocenters. The predicted octanol–water partition coefficient (Wildman–Crippen LogP) is 5.44. The average molecular weight is 617 g/mol. The second-order valence-electron chi connectivity index (χ2n) is 9.75. The minimum absolute atomic E-state index is 0.00128. The molecule has 4 aromatic rings.